The van der Waals surface area contributed by atoms with Crippen LogP contribution in [0.25, 0.3) is 0 Å². The number of hydrogen-bond donors (Lipinski definition) is 1. The number of benzene rings is 1. The fourth-order valence-corrected chi connectivity index (χ4v) is 1.62. The summed E-state index contributed by atoms with van der Waals surface area (Å²) in [5.41, 5.74) is 0.772. The van der Waals surface area contributed by atoms with Crippen molar-refractivity contribution in [1.29, 1.82) is 5.26 Å². The van der Waals surface area contributed by atoms with E-state index in [1.165, 1.54) is 0 Å². The monoisotopic (exact) mass is 262 g/mol. The number of rotatable bonds is 7. The van der Waals surface area contributed by atoms with E-state index >= 15 is 0 Å². The lowest BCUT2D eigenvalue weighted by molar-refractivity contribution is 0.252. The molecule has 104 valence electrons. The molecule has 0 bridgehead atoms. The van der Waals surface area contributed by atoms with Crippen molar-refractivity contribution in [1.82, 2.24) is 5.32 Å². The zero-order valence-electron chi connectivity index (χ0n) is 12.1. The van der Waals surface area contributed by atoms with Crippen LogP contribution in [-0.2, 0) is 6.54 Å². The Hall–Kier alpha value is -1.73. The molecule has 0 aliphatic heterocycles. The molecule has 0 heterocycles. The predicted molar refractivity (Wildman–Crippen MR) is 75.3 cm³/mol. The third-order valence-corrected chi connectivity index (χ3v) is 2.90. The van der Waals surface area contributed by atoms with Crippen molar-refractivity contribution in [3.8, 4) is 17.6 Å². The minimum absolute atomic E-state index is 0.365. The van der Waals surface area contributed by atoms with Gasteiger partial charge in [-0.3, -0.25) is 0 Å². The van der Waals surface area contributed by atoms with Crippen molar-refractivity contribution in [2.24, 2.45) is 5.41 Å². The Morgan fingerprint density at radius 2 is 2.05 bits per heavy atom. The van der Waals surface area contributed by atoms with Gasteiger partial charge in [0.2, 0.25) is 0 Å². The van der Waals surface area contributed by atoms with Gasteiger partial charge >= 0.3 is 0 Å². The summed E-state index contributed by atoms with van der Waals surface area (Å²) in [5, 5.41) is 12.1. The van der Waals surface area contributed by atoms with Gasteiger partial charge in [0.05, 0.1) is 25.2 Å². The van der Waals surface area contributed by atoms with Crippen molar-refractivity contribution < 1.29 is 9.47 Å². The summed E-state index contributed by atoms with van der Waals surface area (Å²) in [4.78, 5) is 0. The van der Waals surface area contributed by atoms with Crippen molar-refractivity contribution in [2.45, 2.75) is 26.8 Å². The van der Waals surface area contributed by atoms with Crippen LogP contribution in [0.4, 0.5) is 0 Å². The van der Waals surface area contributed by atoms with Gasteiger partial charge in [0, 0.05) is 6.54 Å². The van der Waals surface area contributed by atoms with Crippen LogP contribution in [0.3, 0.4) is 0 Å². The average molecular weight is 262 g/mol. The summed E-state index contributed by atoms with van der Waals surface area (Å²) in [5.74, 6) is 1.44. The van der Waals surface area contributed by atoms with E-state index in [4.69, 9.17) is 14.7 Å². The first-order valence-corrected chi connectivity index (χ1v) is 6.38. The fraction of sp³-hybridized carbons (Fsp3) is 0.533. The SMILES string of the molecule is CNCc1ccc(OC)c(OCCC(C)(C)C#N)c1. The lowest BCUT2D eigenvalue weighted by Crippen LogP contribution is -2.13. The normalized spacial score (nSPS) is 10.9. The molecule has 0 spiro atoms. The molecule has 0 aromatic heterocycles. The number of ether oxygens (including phenoxy) is 2. The molecule has 0 amide bonds. The highest BCUT2D eigenvalue weighted by molar-refractivity contribution is 5.42. The van der Waals surface area contributed by atoms with Gasteiger partial charge in [0.15, 0.2) is 11.5 Å². The zero-order valence-corrected chi connectivity index (χ0v) is 12.1. The van der Waals surface area contributed by atoms with Gasteiger partial charge in [-0.15, -0.1) is 0 Å². The molecule has 19 heavy (non-hydrogen) atoms. The molecule has 1 aromatic rings. The number of hydrogen-bond acceptors (Lipinski definition) is 4. The highest BCUT2D eigenvalue weighted by Crippen LogP contribution is 2.29. The van der Waals surface area contributed by atoms with E-state index in [0.29, 0.717) is 13.0 Å². The first-order chi connectivity index (χ1) is 9.02. The Labute approximate surface area is 115 Å². The molecule has 0 saturated carbocycles. The number of nitrogens with zero attached hydrogens (tertiary/aromatic N) is 1. The molecule has 0 fully saturated rings. The van der Waals surface area contributed by atoms with E-state index in [0.717, 1.165) is 23.6 Å². The maximum absolute atomic E-state index is 8.97. The molecule has 4 nitrogen and oxygen atoms in total. The Bertz CT molecular complexity index is 450. The second kappa shape index (κ2) is 7.01. The van der Waals surface area contributed by atoms with Crippen molar-refractivity contribution in [3.05, 3.63) is 23.8 Å². The van der Waals surface area contributed by atoms with Crippen molar-refractivity contribution in [3.63, 3.8) is 0 Å². The van der Waals surface area contributed by atoms with Crippen LogP contribution in [0, 0.1) is 16.7 Å². The Kier molecular flexibility index (Phi) is 5.65. The van der Waals surface area contributed by atoms with Gasteiger partial charge in [0.25, 0.3) is 0 Å². The minimum Gasteiger partial charge on any atom is -0.493 e. The average Bonchev–Trinajstić information content (AvgIpc) is 2.39. The molecule has 1 aromatic carbocycles. The molecular formula is C15H22N2O2. The molecule has 0 saturated heterocycles. The van der Waals surface area contributed by atoms with Gasteiger partial charge in [-0.1, -0.05) is 6.07 Å². The Morgan fingerprint density at radius 3 is 2.63 bits per heavy atom. The molecular weight excluding hydrogens is 240 g/mol. The summed E-state index contributed by atoms with van der Waals surface area (Å²) in [6.07, 6.45) is 0.683. The molecule has 1 rings (SSSR count). The van der Waals surface area contributed by atoms with E-state index in [-0.39, 0.29) is 5.41 Å². The minimum atomic E-state index is -0.365. The topological polar surface area (TPSA) is 54.3 Å². The van der Waals surface area contributed by atoms with Gasteiger partial charge in [-0.2, -0.15) is 5.26 Å². The summed E-state index contributed by atoms with van der Waals surface area (Å²) >= 11 is 0. The van der Waals surface area contributed by atoms with Crippen molar-refractivity contribution >= 4 is 0 Å². The summed E-state index contributed by atoms with van der Waals surface area (Å²) in [6, 6.07) is 8.14. The maximum Gasteiger partial charge on any atom is 0.161 e. The molecule has 0 unspecified atom stereocenters. The molecule has 4 heteroatoms. The smallest absolute Gasteiger partial charge is 0.161 e. The molecule has 0 aliphatic rings. The highest BCUT2D eigenvalue weighted by atomic mass is 16.5. The van der Waals surface area contributed by atoms with Crippen LogP contribution < -0.4 is 14.8 Å². The number of nitrogens with one attached hydrogen (secondary N) is 1. The predicted octanol–water partition coefficient (Wildman–Crippen LogP) is 2.73. The quantitative estimate of drug-likeness (QED) is 0.821. The lowest BCUT2D eigenvalue weighted by Gasteiger charge is -2.17. The van der Waals surface area contributed by atoms with Crippen LogP contribution in [-0.4, -0.2) is 20.8 Å². The summed E-state index contributed by atoms with van der Waals surface area (Å²) < 4.78 is 11.0. The first-order valence-electron chi connectivity index (χ1n) is 6.38. The highest BCUT2D eigenvalue weighted by Gasteiger charge is 2.17. The third-order valence-electron chi connectivity index (χ3n) is 2.90. The Balaban J connectivity index is 2.70. The summed E-state index contributed by atoms with van der Waals surface area (Å²) in [6.45, 7) is 5.10. The second-order valence-corrected chi connectivity index (χ2v) is 5.11. The van der Waals surface area contributed by atoms with E-state index < -0.39 is 0 Å². The summed E-state index contributed by atoms with van der Waals surface area (Å²) in [7, 11) is 3.53. The third kappa shape index (κ3) is 4.80. The van der Waals surface area contributed by atoms with Crippen molar-refractivity contribution in [2.75, 3.05) is 20.8 Å². The Morgan fingerprint density at radius 1 is 1.32 bits per heavy atom. The van der Waals surface area contributed by atoms with E-state index in [2.05, 4.69) is 11.4 Å². The van der Waals surface area contributed by atoms with E-state index in [1.54, 1.807) is 7.11 Å². The van der Waals surface area contributed by atoms with E-state index in [1.807, 2.05) is 39.1 Å². The van der Waals surface area contributed by atoms with Crippen LogP contribution in [0.2, 0.25) is 0 Å². The van der Waals surface area contributed by atoms with Gasteiger partial charge in [0.1, 0.15) is 0 Å². The lowest BCUT2D eigenvalue weighted by atomic mass is 9.92. The standard InChI is InChI=1S/C15H22N2O2/c1-15(2,11-16)7-8-19-14-9-12(10-17-3)5-6-13(14)18-4/h5-6,9,17H,7-8,10H2,1-4H3. The molecule has 1 N–H and O–H groups in total. The number of nitriles is 1. The van der Waals surface area contributed by atoms with Gasteiger partial charge in [-0.25, -0.2) is 0 Å². The second-order valence-electron chi connectivity index (χ2n) is 5.11. The largest absolute Gasteiger partial charge is 0.493 e. The maximum atomic E-state index is 8.97. The van der Waals surface area contributed by atoms with Gasteiger partial charge in [-0.05, 0) is 45.0 Å². The molecule has 0 atom stereocenters. The van der Waals surface area contributed by atoms with Crippen LogP contribution in [0.5, 0.6) is 11.5 Å². The molecule has 0 aliphatic carbocycles. The van der Waals surface area contributed by atoms with E-state index in [9.17, 15) is 0 Å². The number of methoxy groups -OCH3 is 1. The van der Waals surface area contributed by atoms with Crippen LogP contribution >= 0.6 is 0 Å². The molecule has 0 radical (unpaired) electrons. The van der Waals surface area contributed by atoms with Crippen LogP contribution in [0.15, 0.2) is 18.2 Å². The first kappa shape index (κ1) is 15.3. The zero-order chi connectivity index (χ0) is 14.3. The van der Waals surface area contributed by atoms with Gasteiger partial charge < -0.3 is 14.8 Å². The fourth-order valence-electron chi connectivity index (χ4n) is 1.62. The van der Waals surface area contributed by atoms with Crippen LogP contribution in [0.1, 0.15) is 25.8 Å².